The van der Waals surface area contributed by atoms with Crippen LogP contribution < -0.4 is 0 Å². The summed E-state index contributed by atoms with van der Waals surface area (Å²) in [5.41, 5.74) is -0.803. The third-order valence-electron chi connectivity index (χ3n) is 1.63. The van der Waals surface area contributed by atoms with Gasteiger partial charge in [-0.05, 0) is 0 Å². The minimum absolute atomic E-state index is 0.134. The topological polar surface area (TPSA) is 9.23 Å². The van der Waals surface area contributed by atoms with Crippen molar-refractivity contribution in [2.45, 2.75) is 6.61 Å². The number of terminal acetylenes is 1. The van der Waals surface area contributed by atoms with Crippen LogP contribution in [0.5, 0.6) is 0 Å². The molecule has 0 amide bonds. The van der Waals surface area contributed by atoms with Crippen molar-refractivity contribution in [3.05, 3.63) is 34.9 Å². The first-order valence-corrected chi connectivity index (χ1v) is 3.91. The van der Waals surface area contributed by atoms with Crippen LogP contribution in [0.3, 0.4) is 0 Å². The van der Waals surface area contributed by atoms with Gasteiger partial charge in [-0.3, -0.25) is 0 Å². The third-order valence-corrected chi connectivity index (χ3v) is 1.63. The molecule has 15 heavy (non-hydrogen) atoms. The molecule has 0 spiro atoms. The van der Waals surface area contributed by atoms with Gasteiger partial charge in [-0.1, -0.05) is 5.92 Å². The molecule has 0 saturated carbocycles. The van der Waals surface area contributed by atoms with Crippen LogP contribution in [0, 0.1) is 35.6 Å². The number of rotatable bonds is 3. The van der Waals surface area contributed by atoms with Crippen LogP contribution >= 0.6 is 0 Å². The second-order valence-corrected chi connectivity index (χ2v) is 2.64. The average Bonchev–Trinajstić information content (AvgIpc) is 2.20. The number of hydrogen-bond acceptors (Lipinski definition) is 1. The first-order valence-electron chi connectivity index (χ1n) is 3.91. The molecule has 0 N–H and O–H groups in total. The summed E-state index contributed by atoms with van der Waals surface area (Å²) in [6.07, 6.45) is 4.82. The molecule has 80 valence electrons. The molecule has 1 nitrogen and oxygen atoms in total. The quantitative estimate of drug-likeness (QED) is 0.327. The van der Waals surface area contributed by atoms with Gasteiger partial charge in [-0.15, -0.1) is 6.42 Å². The van der Waals surface area contributed by atoms with Crippen molar-refractivity contribution < 1.29 is 22.3 Å². The standard InChI is InChI=1S/C10H6F4O/c1-2-3-15-5-6-9(13)7(11)4-8(12)10(6)14/h1,4H,3,5H2. The summed E-state index contributed by atoms with van der Waals surface area (Å²) in [4.78, 5) is 0. The van der Waals surface area contributed by atoms with Crippen LogP contribution in [-0.2, 0) is 11.3 Å². The fourth-order valence-electron chi connectivity index (χ4n) is 0.961. The third kappa shape index (κ3) is 2.48. The molecule has 0 bridgehead atoms. The Morgan fingerprint density at radius 3 is 2.13 bits per heavy atom. The Hall–Kier alpha value is -1.54. The van der Waals surface area contributed by atoms with Crippen LogP contribution in [0.1, 0.15) is 5.56 Å². The molecule has 0 aliphatic carbocycles. The zero-order valence-corrected chi connectivity index (χ0v) is 7.49. The van der Waals surface area contributed by atoms with E-state index in [9.17, 15) is 17.6 Å². The van der Waals surface area contributed by atoms with Gasteiger partial charge >= 0.3 is 0 Å². The molecular formula is C10H6F4O. The van der Waals surface area contributed by atoms with E-state index in [1.54, 1.807) is 0 Å². The molecule has 5 heteroatoms. The summed E-state index contributed by atoms with van der Waals surface area (Å²) < 4.78 is 55.8. The van der Waals surface area contributed by atoms with Crippen LogP contribution in [0.4, 0.5) is 17.6 Å². The fraction of sp³-hybridized carbons (Fsp3) is 0.200. The number of hydrogen-bond donors (Lipinski definition) is 0. The zero-order valence-electron chi connectivity index (χ0n) is 7.49. The van der Waals surface area contributed by atoms with E-state index in [2.05, 4.69) is 10.7 Å². The van der Waals surface area contributed by atoms with Crippen molar-refractivity contribution in [2.75, 3.05) is 6.61 Å². The second-order valence-electron chi connectivity index (χ2n) is 2.64. The van der Waals surface area contributed by atoms with Gasteiger partial charge in [0.25, 0.3) is 0 Å². The van der Waals surface area contributed by atoms with Crippen molar-refractivity contribution in [1.29, 1.82) is 0 Å². The summed E-state index contributed by atoms with van der Waals surface area (Å²) in [5, 5.41) is 0. The molecule has 0 aromatic heterocycles. The van der Waals surface area contributed by atoms with Gasteiger partial charge in [0, 0.05) is 6.07 Å². The monoisotopic (exact) mass is 218 g/mol. The number of benzene rings is 1. The smallest absolute Gasteiger partial charge is 0.167 e. The van der Waals surface area contributed by atoms with Crippen molar-refractivity contribution in [2.24, 2.45) is 0 Å². The van der Waals surface area contributed by atoms with Gasteiger partial charge < -0.3 is 4.74 Å². The maximum Gasteiger partial charge on any atom is 0.167 e. The highest BCUT2D eigenvalue weighted by Crippen LogP contribution is 2.19. The van der Waals surface area contributed by atoms with E-state index < -0.39 is 35.4 Å². The lowest BCUT2D eigenvalue weighted by atomic mass is 10.2. The molecule has 0 atom stereocenters. The maximum absolute atomic E-state index is 13.0. The van der Waals surface area contributed by atoms with Crippen molar-refractivity contribution in [3.8, 4) is 12.3 Å². The first-order chi connectivity index (χ1) is 7.07. The van der Waals surface area contributed by atoms with E-state index in [0.717, 1.165) is 0 Å². The molecule has 0 aliphatic heterocycles. The minimum Gasteiger partial charge on any atom is -0.364 e. The lowest BCUT2D eigenvalue weighted by Gasteiger charge is -2.06. The summed E-state index contributed by atoms with van der Waals surface area (Å²) in [6.45, 7) is -0.812. The van der Waals surface area contributed by atoms with Gasteiger partial charge in [0.05, 0.1) is 12.2 Å². The SMILES string of the molecule is C#CCOCc1c(F)c(F)cc(F)c1F. The molecular weight excluding hydrogens is 212 g/mol. The van der Waals surface area contributed by atoms with Crippen molar-refractivity contribution >= 4 is 0 Å². The normalized spacial score (nSPS) is 10.1. The summed E-state index contributed by atoms with van der Waals surface area (Å²) in [7, 11) is 0. The Balaban J connectivity index is 3.00. The largest absolute Gasteiger partial charge is 0.364 e. The van der Waals surface area contributed by atoms with Gasteiger partial charge in [0.15, 0.2) is 23.3 Å². The van der Waals surface area contributed by atoms with Crippen LogP contribution in [0.25, 0.3) is 0 Å². The summed E-state index contributed by atoms with van der Waals surface area (Å²) >= 11 is 0. The molecule has 1 aromatic carbocycles. The maximum atomic E-state index is 13.0. The molecule has 0 saturated heterocycles. The van der Waals surface area contributed by atoms with Crippen LogP contribution in [0.15, 0.2) is 6.07 Å². The predicted octanol–water partition coefficient (Wildman–Crippen LogP) is 2.39. The van der Waals surface area contributed by atoms with Gasteiger partial charge in [0.2, 0.25) is 0 Å². The van der Waals surface area contributed by atoms with Gasteiger partial charge in [0.1, 0.15) is 6.61 Å². The lowest BCUT2D eigenvalue weighted by molar-refractivity contribution is 0.145. The van der Waals surface area contributed by atoms with Crippen molar-refractivity contribution in [3.63, 3.8) is 0 Å². The van der Waals surface area contributed by atoms with Crippen LogP contribution in [0.2, 0.25) is 0 Å². The number of halogens is 4. The van der Waals surface area contributed by atoms with E-state index in [-0.39, 0.29) is 12.7 Å². The molecule has 0 aliphatic rings. The van der Waals surface area contributed by atoms with Crippen molar-refractivity contribution in [1.82, 2.24) is 0 Å². The molecule has 0 unspecified atom stereocenters. The molecule has 0 heterocycles. The van der Waals surface area contributed by atoms with E-state index in [0.29, 0.717) is 0 Å². The van der Waals surface area contributed by atoms with Gasteiger partial charge in [-0.25, -0.2) is 17.6 Å². The second kappa shape index (κ2) is 4.80. The molecule has 1 rings (SSSR count). The Morgan fingerprint density at radius 1 is 1.13 bits per heavy atom. The molecule has 0 fully saturated rings. The highest BCUT2D eigenvalue weighted by molar-refractivity contribution is 5.21. The average molecular weight is 218 g/mol. The zero-order chi connectivity index (χ0) is 11.4. The number of ether oxygens (including phenoxy) is 1. The minimum atomic E-state index is -1.47. The fourth-order valence-corrected chi connectivity index (χ4v) is 0.961. The Morgan fingerprint density at radius 2 is 1.67 bits per heavy atom. The highest BCUT2D eigenvalue weighted by Gasteiger charge is 2.18. The van der Waals surface area contributed by atoms with E-state index in [1.165, 1.54) is 0 Å². The van der Waals surface area contributed by atoms with Gasteiger partial charge in [-0.2, -0.15) is 0 Å². The summed E-state index contributed by atoms with van der Waals surface area (Å²) in [6, 6.07) is 0.134. The van der Waals surface area contributed by atoms with Crippen LogP contribution in [-0.4, -0.2) is 6.61 Å². The van der Waals surface area contributed by atoms with E-state index in [4.69, 9.17) is 6.42 Å². The Kier molecular flexibility index (Phi) is 3.69. The lowest BCUT2D eigenvalue weighted by Crippen LogP contribution is -2.05. The Bertz CT molecular complexity index is 383. The Labute approximate surface area is 83.7 Å². The van der Waals surface area contributed by atoms with E-state index in [1.807, 2.05) is 0 Å². The highest BCUT2D eigenvalue weighted by atomic mass is 19.2. The molecule has 1 aromatic rings. The predicted molar refractivity (Wildman–Crippen MR) is 44.8 cm³/mol. The first kappa shape index (κ1) is 11.5. The molecule has 0 radical (unpaired) electrons. The summed E-state index contributed by atoms with van der Waals surface area (Å²) in [5.74, 6) is -3.81. The van der Waals surface area contributed by atoms with E-state index >= 15 is 0 Å².